The lowest BCUT2D eigenvalue weighted by atomic mass is 10.0. The number of hydrogen-bond acceptors (Lipinski definition) is 3. The summed E-state index contributed by atoms with van der Waals surface area (Å²) in [5, 5.41) is 3.01. The number of alkyl halides is 3. The number of carbonyl (C=O) groups excluding carboxylic acids is 1. The van der Waals surface area contributed by atoms with Crippen molar-refractivity contribution in [2.75, 3.05) is 7.11 Å². The molecule has 0 bridgehead atoms. The molecule has 0 amide bonds. The Kier molecular flexibility index (Phi) is 7.28. The van der Waals surface area contributed by atoms with E-state index in [4.69, 9.17) is 0 Å². The zero-order chi connectivity index (χ0) is 14.3. The van der Waals surface area contributed by atoms with Gasteiger partial charge in [-0.15, -0.1) is 0 Å². The van der Waals surface area contributed by atoms with Gasteiger partial charge in [0.1, 0.15) is 6.04 Å². The molecule has 0 radical (unpaired) electrons. The number of carbonyl (C=O) groups is 1. The summed E-state index contributed by atoms with van der Waals surface area (Å²) in [5.41, 5.74) is 0. The largest absolute Gasteiger partial charge is 0.468 e. The van der Waals surface area contributed by atoms with Crippen molar-refractivity contribution in [3.05, 3.63) is 0 Å². The van der Waals surface area contributed by atoms with Crippen LogP contribution in [0.3, 0.4) is 0 Å². The van der Waals surface area contributed by atoms with Crippen LogP contribution >= 0.6 is 0 Å². The van der Waals surface area contributed by atoms with Gasteiger partial charge in [0.05, 0.1) is 7.11 Å². The van der Waals surface area contributed by atoms with Crippen LogP contribution in [0.15, 0.2) is 0 Å². The van der Waals surface area contributed by atoms with Gasteiger partial charge in [-0.3, -0.25) is 4.79 Å². The molecule has 0 spiro atoms. The Morgan fingerprint density at radius 2 is 1.83 bits per heavy atom. The minimum atomic E-state index is -4.11. The molecule has 2 unspecified atom stereocenters. The first-order valence-electron chi connectivity index (χ1n) is 6.08. The summed E-state index contributed by atoms with van der Waals surface area (Å²) >= 11 is 0. The van der Waals surface area contributed by atoms with Crippen molar-refractivity contribution in [2.24, 2.45) is 5.92 Å². The van der Waals surface area contributed by atoms with Crippen LogP contribution < -0.4 is 5.32 Å². The number of esters is 1. The van der Waals surface area contributed by atoms with E-state index in [1.54, 1.807) is 6.92 Å². The Morgan fingerprint density at radius 3 is 2.22 bits per heavy atom. The molecule has 0 aromatic carbocycles. The number of rotatable bonds is 7. The number of ether oxygens (including phenoxy) is 1. The monoisotopic (exact) mass is 269 g/mol. The number of nitrogens with one attached hydrogen (secondary N) is 1. The molecule has 0 aromatic rings. The SMILES string of the molecule is COC(=O)C(NC(C)CCCC(F)(F)F)C(C)C. The average molecular weight is 269 g/mol. The third kappa shape index (κ3) is 7.53. The Bertz CT molecular complexity index is 254. The molecule has 0 aromatic heterocycles. The molecule has 1 N–H and O–H groups in total. The van der Waals surface area contributed by atoms with Crippen LogP contribution in [0.5, 0.6) is 0 Å². The maximum absolute atomic E-state index is 12.0. The van der Waals surface area contributed by atoms with Crippen LogP contribution in [0.25, 0.3) is 0 Å². The van der Waals surface area contributed by atoms with Crippen molar-refractivity contribution in [3.8, 4) is 0 Å². The second kappa shape index (κ2) is 7.61. The molecule has 18 heavy (non-hydrogen) atoms. The van der Waals surface area contributed by atoms with Crippen LogP contribution in [-0.2, 0) is 9.53 Å². The van der Waals surface area contributed by atoms with E-state index in [1.807, 2.05) is 13.8 Å². The van der Waals surface area contributed by atoms with Crippen LogP contribution in [0.1, 0.15) is 40.0 Å². The van der Waals surface area contributed by atoms with Gasteiger partial charge in [-0.1, -0.05) is 13.8 Å². The van der Waals surface area contributed by atoms with E-state index in [0.29, 0.717) is 6.42 Å². The average Bonchev–Trinajstić information content (AvgIpc) is 2.22. The second-order valence-electron chi connectivity index (χ2n) is 4.82. The molecule has 108 valence electrons. The van der Waals surface area contributed by atoms with Crippen molar-refractivity contribution in [1.29, 1.82) is 0 Å². The summed E-state index contributed by atoms with van der Waals surface area (Å²) < 4.78 is 40.6. The van der Waals surface area contributed by atoms with Crippen molar-refractivity contribution < 1.29 is 22.7 Å². The predicted octanol–water partition coefficient (Wildman–Crippen LogP) is 2.89. The van der Waals surface area contributed by atoms with Gasteiger partial charge in [-0.2, -0.15) is 13.2 Å². The van der Waals surface area contributed by atoms with Gasteiger partial charge < -0.3 is 10.1 Å². The molecule has 0 aliphatic carbocycles. The van der Waals surface area contributed by atoms with E-state index in [0.717, 1.165) is 0 Å². The number of methoxy groups -OCH3 is 1. The first kappa shape index (κ1) is 17.2. The Hall–Kier alpha value is -0.780. The molecule has 0 saturated carbocycles. The van der Waals surface area contributed by atoms with E-state index < -0.39 is 18.6 Å². The van der Waals surface area contributed by atoms with Gasteiger partial charge in [0, 0.05) is 12.5 Å². The molecule has 0 heterocycles. The lowest BCUT2D eigenvalue weighted by Gasteiger charge is -2.24. The summed E-state index contributed by atoms with van der Waals surface area (Å²) in [5.74, 6) is -0.352. The number of hydrogen-bond donors (Lipinski definition) is 1. The fourth-order valence-corrected chi connectivity index (χ4v) is 1.66. The standard InChI is InChI=1S/C12H22F3NO2/c1-8(2)10(11(17)18-4)16-9(3)6-5-7-12(13,14)15/h8-10,16H,5-7H2,1-4H3. The highest BCUT2D eigenvalue weighted by Gasteiger charge is 2.28. The molecule has 2 atom stereocenters. The van der Waals surface area contributed by atoms with Crippen LogP contribution in [0, 0.1) is 5.92 Å². The quantitative estimate of drug-likeness (QED) is 0.722. The highest BCUT2D eigenvalue weighted by molar-refractivity contribution is 5.75. The summed E-state index contributed by atoms with van der Waals surface area (Å²) in [7, 11) is 1.30. The summed E-state index contributed by atoms with van der Waals surface area (Å²) in [6, 6.07) is -0.630. The van der Waals surface area contributed by atoms with Crippen LogP contribution in [-0.4, -0.2) is 31.3 Å². The van der Waals surface area contributed by atoms with Crippen LogP contribution in [0.2, 0.25) is 0 Å². The zero-order valence-electron chi connectivity index (χ0n) is 11.3. The Balaban J connectivity index is 4.11. The first-order chi connectivity index (χ1) is 8.17. The van der Waals surface area contributed by atoms with Gasteiger partial charge >= 0.3 is 12.1 Å². The minimum absolute atomic E-state index is 0.0301. The topological polar surface area (TPSA) is 38.3 Å². The van der Waals surface area contributed by atoms with E-state index in [9.17, 15) is 18.0 Å². The fourth-order valence-electron chi connectivity index (χ4n) is 1.66. The predicted molar refractivity (Wildman–Crippen MR) is 63.1 cm³/mol. The third-order valence-corrected chi connectivity index (χ3v) is 2.68. The molecule has 0 fully saturated rings. The molecule has 0 rings (SSSR count). The van der Waals surface area contributed by atoms with Gasteiger partial charge in [0.2, 0.25) is 0 Å². The van der Waals surface area contributed by atoms with E-state index >= 15 is 0 Å². The molecular formula is C12H22F3NO2. The van der Waals surface area contributed by atoms with Crippen molar-refractivity contribution in [2.45, 2.75) is 58.3 Å². The molecule has 6 heteroatoms. The van der Waals surface area contributed by atoms with Crippen LogP contribution in [0.4, 0.5) is 13.2 Å². The van der Waals surface area contributed by atoms with E-state index in [2.05, 4.69) is 10.1 Å². The molecule has 0 saturated heterocycles. The third-order valence-electron chi connectivity index (χ3n) is 2.68. The zero-order valence-corrected chi connectivity index (χ0v) is 11.3. The van der Waals surface area contributed by atoms with Crippen molar-refractivity contribution in [1.82, 2.24) is 5.32 Å². The van der Waals surface area contributed by atoms with Crippen molar-refractivity contribution >= 4 is 5.97 Å². The lowest BCUT2D eigenvalue weighted by Crippen LogP contribution is -2.46. The highest BCUT2D eigenvalue weighted by atomic mass is 19.4. The lowest BCUT2D eigenvalue weighted by molar-refractivity contribution is -0.145. The summed E-state index contributed by atoms with van der Waals surface area (Å²) in [6.45, 7) is 5.49. The van der Waals surface area contributed by atoms with E-state index in [1.165, 1.54) is 7.11 Å². The fraction of sp³-hybridized carbons (Fsp3) is 0.917. The van der Waals surface area contributed by atoms with Crippen molar-refractivity contribution in [3.63, 3.8) is 0 Å². The van der Waals surface area contributed by atoms with E-state index in [-0.39, 0.29) is 24.3 Å². The number of halogens is 3. The summed E-state index contributed by atoms with van der Waals surface area (Å²) in [6.07, 6.45) is -4.47. The maximum atomic E-state index is 12.0. The molecule has 3 nitrogen and oxygen atoms in total. The summed E-state index contributed by atoms with van der Waals surface area (Å²) in [4.78, 5) is 11.5. The van der Waals surface area contributed by atoms with Gasteiger partial charge in [0.25, 0.3) is 0 Å². The highest BCUT2D eigenvalue weighted by Crippen LogP contribution is 2.22. The van der Waals surface area contributed by atoms with Gasteiger partial charge in [-0.05, 0) is 25.7 Å². The van der Waals surface area contributed by atoms with Gasteiger partial charge in [0.15, 0.2) is 0 Å². The minimum Gasteiger partial charge on any atom is -0.468 e. The maximum Gasteiger partial charge on any atom is 0.389 e. The Labute approximate surface area is 106 Å². The smallest absolute Gasteiger partial charge is 0.389 e. The molecule has 0 aliphatic heterocycles. The first-order valence-corrected chi connectivity index (χ1v) is 6.08. The van der Waals surface area contributed by atoms with Gasteiger partial charge in [-0.25, -0.2) is 0 Å². The molecular weight excluding hydrogens is 247 g/mol. The Morgan fingerprint density at radius 1 is 1.28 bits per heavy atom. The second-order valence-corrected chi connectivity index (χ2v) is 4.82. The normalized spacial score (nSPS) is 15.6. The molecule has 0 aliphatic rings.